The van der Waals surface area contributed by atoms with Crippen molar-refractivity contribution in [3.8, 4) is 11.1 Å². The minimum Gasteiger partial charge on any atom is -0.367 e. The van der Waals surface area contributed by atoms with Gasteiger partial charge in [-0.2, -0.15) is 0 Å². The van der Waals surface area contributed by atoms with Gasteiger partial charge in [-0.15, -0.1) is 12.4 Å². The molecule has 1 aliphatic carbocycles. The SMILES string of the molecule is Cl.O=c1ccc2c[nH]ccc-2c1. The van der Waals surface area contributed by atoms with Crippen molar-refractivity contribution in [2.45, 2.75) is 0 Å². The summed E-state index contributed by atoms with van der Waals surface area (Å²) < 4.78 is 0. The molecule has 0 saturated heterocycles. The molecule has 0 aromatic rings. The number of H-pyrrole nitrogens is 1. The van der Waals surface area contributed by atoms with Crippen molar-refractivity contribution >= 4 is 12.4 Å². The van der Waals surface area contributed by atoms with E-state index in [9.17, 15) is 4.79 Å². The summed E-state index contributed by atoms with van der Waals surface area (Å²) in [6.07, 6.45) is 3.68. The van der Waals surface area contributed by atoms with Crippen LogP contribution in [0.3, 0.4) is 0 Å². The average molecular weight is 182 g/mol. The Balaban J connectivity index is 0.000000720. The van der Waals surface area contributed by atoms with Crippen molar-refractivity contribution < 1.29 is 0 Å². The minimum absolute atomic E-state index is 0. The zero-order chi connectivity index (χ0) is 7.68. The first kappa shape index (κ1) is 8.81. The van der Waals surface area contributed by atoms with Crippen molar-refractivity contribution in [1.82, 2.24) is 4.98 Å². The van der Waals surface area contributed by atoms with Gasteiger partial charge in [0.05, 0.1) is 0 Å². The number of benzene rings is 1. The Bertz CT molecular complexity index is 396. The molecule has 0 radical (unpaired) electrons. The van der Waals surface area contributed by atoms with E-state index in [0.29, 0.717) is 0 Å². The minimum atomic E-state index is 0. The highest BCUT2D eigenvalue weighted by Gasteiger charge is 1.97. The van der Waals surface area contributed by atoms with Gasteiger partial charge in [-0.3, -0.25) is 4.79 Å². The number of aromatic amines is 1. The van der Waals surface area contributed by atoms with E-state index in [2.05, 4.69) is 4.98 Å². The molecule has 3 heteroatoms. The van der Waals surface area contributed by atoms with Gasteiger partial charge in [0.2, 0.25) is 0 Å². The predicted molar refractivity (Wildman–Crippen MR) is 50.9 cm³/mol. The molecule has 0 atom stereocenters. The second-order valence-electron chi connectivity index (χ2n) is 2.44. The Morgan fingerprint density at radius 3 is 2.75 bits per heavy atom. The van der Waals surface area contributed by atoms with Gasteiger partial charge in [0.1, 0.15) is 0 Å². The summed E-state index contributed by atoms with van der Waals surface area (Å²) in [6, 6.07) is 6.89. The Labute approximate surface area is 76.0 Å². The maximum atomic E-state index is 10.9. The van der Waals surface area contributed by atoms with E-state index in [1.54, 1.807) is 12.1 Å². The number of aromatic nitrogens is 1. The molecule has 0 aromatic carbocycles. The smallest absolute Gasteiger partial charge is 0.179 e. The summed E-state index contributed by atoms with van der Waals surface area (Å²) in [5.41, 5.74) is 2.10. The van der Waals surface area contributed by atoms with Crippen LogP contribution in [0.2, 0.25) is 0 Å². The maximum absolute atomic E-state index is 10.9. The molecule has 0 amide bonds. The molecule has 0 bridgehead atoms. The molecule has 0 spiro atoms. The van der Waals surface area contributed by atoms with Gasteiger partial charge in [-0.1, -0.05) is 0 Å². The van der Waals surface area contributed by atoms with E-state index in [4.69, 9.17) is 0 Å². The topological polar surface area (TPSA) is 32.9 Å². The van der Waals surface area contributed by atoms with Gasteiger partial charge in [0.25, 0.3) is 0 Å². The van der Waals surface area contributed by atoms with Crippen LogP contribution in [0, 0.1) is 0 Å². The molecule has 0 aromatic heterocycles. The van der Waals surface area contributed by atoms with Gasteiger partial charge >= 0.3 is 0 Å². The number of pyridine rings is 1. The number of fused-ring (bicyclic) bond motifs is 1. The number of halogens is 1. The lowest BCUT2D eigenvalue weighted by atomic mass is 10.1. The van der Waals surface area contributed by atoms with Crippen LogP contribution in [0.5, 0.6) is 0 Å². The third kappa shape index (κ3) is 1.48. The van der Waals surface area contributed by atoms with Crippen molar-refractivity contribution in [1.29, 1.82) is 0 Å². The number of hydrogen-bond acceptors (Lipinski definition) is 1. The Hall–Kier alpha value is -1.28. The van der Waals surface area contributed by atoms with E-state index in [1.807, 2.05) is 24.5 Å². The molecule has 1 aliphatic heterocycles. The molecule has 2 aliphatic rings. The van der Waals surface area contributed by atoms with E-state index in [1.165, 1.54) is 0 Å². The summed E-state index contributed by atoms with van der Waals surface area (Å²) in [7, 11) is 0. The first-order chi connectivity index (χ1) is 5.36. The quantitative estimate of drug-likeness (QED) is 0.662. The molecule has 1 heterocycles. The van der Waals surface area contributed by atoms with Crippen LogP contribution in [0.15, 0.2) is 41.5 Å². The summed E-state index contributed by atoms with van der Waals surface area (Å²) in [5.74, 6) is 0. The number of nitrogens with one attached hydrogen (secondary N) is 1. The lowest BCUT2D eigenvalue weighted by Crippen LogP contribution is -1.97. The summed E-state index contributed by atoms with van der Waals surface area (Å²) in [5, 5.41) is 0. The molecular weight excluding hydrogens is 174 g/mol. The number of rotatable bonds is 0. The van der Waals surface area contributed by atoms with E-state index in [-0.39, 0.29) is 17.8 Å². The Morgan fingerprint density at radius 2 is 1.92 bits per heavy atom. The Kier molecular flexibility index (Phi) is 2.51. The fourth-order valence-corrected chi connectivity index (χ4v) is 1.10. The fraction of sp³-hybridized carbons (Fsp3) is 0. The lowest BCUT2D eigenvalue weighted by molar-refractivity contribution is 1.32. The van der Waals surface area contributed by atoms with Gasteiger partial charge in [0.15, 0.2) is 5.43 Å². The van der Waals surface area contributed by atoms with Crippen LogP contribution >= 0.6 is 12.4 Å². The van der Waals surface area contributed by atoms with Crippen molar-refractivity contribution in [3.05, 3.63) is 46.9 Å². The second-order valence-corrected chi connectivity index (χ2v) is 2.44. The highest BCUT2D eigenvalue weighted by Crippen LogP contribution is 2.15. The van der Waals surface area contributed by atoms with Crippen LogP contribution < -0.4 is 5.43 Å². The summed E-state index contributed by atoms with van der Waals surface area (Å²) >= 11 is 0. The lowest BCUT2D eigenvalue weighted by Gasteiger charge is -2.00. The molecule has 0 unspecified atom stereocenters. The van der Waals surface area contributed by atoms with E-state index in [0.717, 1.165) is 11.1 Å². The Morgan fingerprint density at radius 1 is 1.08 bits per heavy atom. The van der Waals surface area contributed by atoms with Crippen LogP contribution in [0.1, 0.15) is 0 Å². The number of hydrogen-bond donors (Lipinski definition) is 1. The highest BCUT2D eigenvalue weighted by atomic mass is 35.5. The van der Waals surface area contributed by atoms with Crippen LogP contribution in [-0.4, -0.2) is 4.98 Å². The summed E-state index contributed by atoms with van der Waals surface area (Å²) in [6.45, 7) is 0. The third-order valence-electron chi connectivity index (χ3n) is 1.66. The molecule has 12 heavy (non-hydrogen) atoms. The average Bonchev–Trinajstić information content (AvgIpc) is 2.04. The van der Waals surface area contributed by atoms with Gasteiger partial charge in [-0.25, -0.2) is 0 Å². The molecule has 1 N–H and O–H groups in total. The van der Waals surface area contributed by atoms with Crippen molar-refractivity contribution in [2.75, 3.05) is 0 Å². The zero-order valence-corrected chi connectivity index (χ0v) is 7.10. The van der Waals surface area contributed by atoms with E-state index >= 15 is 0 Å². The monoisotopic (exact) mass is 181 g/mol. The molecule has 2 nitrogen and oxygen atoms in total. The van der Waals surface area contributed by atoms with Gasteiger partial charge in [-0.05, 0) is 35.4 Å². The van der Waals surface area contributed by atoms with Crippen molar-refractivity contribution in [3.63, 3.8) is 0 Å². The normalized spacial score (nSPS) is 9.33. The molecule has 0 fully saturated rings. The molecule has 62 valence electrons. The molecule has 0 saturated carbocycles. The summed E-state index contributed by atoms with van der Waals surface area (Å²) in [4.78, 5) is 13.8. The third-order valence-corrected chi connectivity index (χ3v) is 1.66. The first-order valence-corrected chi connectivity index (χ1v) is 3.43. The highest BCUT2D eigenvalue weighted by molar-refractivity contribution is 5.85. The molecular formula is C9H8ClNO. The van der Waals surface area contributed by atoms with E-state index < -0.39 is 0 Å². The second kappa shape index (κ2) is 3.41. The van der Waals surface area contributed by atoms with Crippen LogP contribution in [0.25, 0.3) is 11.1 Å². The zero-order valence-electron chi connectivity index (χ0n) is 6.28. The van der Waals surface area contributed by atoms with Crippen molar-refractivity contribution in [2.24, 2.45) is 0 Å². The molecule has 2 rings (SSSR count). The van der Waals surface area contributed by atoms with Crippen LogP contribution in [-0.2, 0) is 0 Å². The fourth-order valence-electron chi connectivity index (χ4n) is 1.10. The van der Waals surface area contributed by atoms with Gasteiger partial charge < -0.3 is 4.98 Å². The largest absolute Gasteiger partial charge is 0.367 e. The maximum Gasteiger partial charge on any atom is 0.179 e. The standard InChI is InChI=1S/C9H7NO.ClH/c11-9-2-1-8-6-10-4-3-7(8)5-9;/h1-6,10H;1H. The van der Waals surface area contributed by atoms with Crippen LogP contribution in [0.4, 0.5) is 0 Å². The first-order valence-electron chi connectivity index (χ1n) is 3.43. The predicted octanol–water partition coefficient (Wildman–Crippen LogP) is 1.90. The van der Waals surface area contributed by atoms with Gasteiger partial charge in [0, 0.05) is 12.4 Å².